The van der Waals surface area contributed by atoms with Crippen LogP contribution in [0.25, 0.3) is 0 Å². The van der Waals surface area contributed by atoms with Gasteiger partial charge in [-0.15, -0.1) is 0 Å². The van der Waals surface area contributed by atoms with Crippen molar-refractivity contribution in [2.24, 2.45) is 0 Å². The van der Waals surface area contributed by atoms with Crippen molar-refractivity contribution in [2.75, 3.05) is 0 Å². The highest BCUT2D eigenvalue weighted by atomic mass is 32.2. The van der Waals surface area contributed by atoms with E-state index < -0.39 is 26.8 Å². The number of ketones is 1. The highest BCUT2D eigenvalue weighted by Crippen LogP contribution is 2.24. The highest BCUT2D eigenvalue weighted by Gasteiger charge is 2.38. The van der Waals surface area contributed by atoms with Gasteiger partial charge in [0.05, 0.1) is 9.82 Å². The molecule has 0 aliphatic heterocycles. The van der Waals surface area contributed by atoms with Crippen LogP contribution in [0.3, 0.4) is 0 Å². The Morgan fingerprint density at radius 3 is 2.35 bits per heavy atom. The monoisotopic (exact) mass is 442 g/mol. The van der Waals surface area contributed by atoms with Crippen LogP contribution in [0.5, 0.6) is 0 Å². The fourth-order valence-corrected chi connectivity index (χ4v) is 4.02. The van der Waals surface area contributed by atoms with E-state index in [2.05, 4.69) is 0 Å². The van der Waals surface area contributed by atoms with E-state index in [0.29, 0.717) is 11.1 Å². The third-order valence-electron chi connectivity index (χ3n) is 4.47. The zero-order valence-corrected chi connectivity index (χ0v) is 16.8. The lowest BCUT2D eigenvalue weighted by Crippen LogP contribution is -2.55. The molecule has 10 heteroatoms. The minimum atomic E-state index is -4.31. The van der Waals surface area contributed by atoms with Gasteiger partial charge in [-0.1, -0.05) is 42.5 Å². The lowest BCUT2D eigenvalue weighted by Gasteiger charge is -2.31. The summed E-state index contributed by atoms with van der Waals surface area (Å²) in [5, 5.41) is 31.6. The molecule has 0 fully saturated rings. The number of nitro benzene ring substituents is 1. The molecule has 2 aromatic rings. The molecule has 0 heterocycles. The van der Waals surface area contributed by atoms with Crippen molar-refractivity contribution in [3.8, 4) is 0 Å². The molecule has 1 aliphatic rings. The van der Waals surface area contributed by atoms with Crippen molar-refractivity contribution in [3.05, 3.63) is 106 Å². The summed E-state index contributed by atoms with van der Waals surface area (Å²) >= 11 is 0. The maximum atomic E-state index is 12.5. The molecule has 0 saturated heterocycles. The van der Waals surface area contributed by atoms with E-state index in [1.807, 2.05) is 4.72 Å². The lowest BCUT2D eigenvalue weighted by atomic mass is 9.97. The molecule has 0 spiro atoms. The number of nitrogens with zero attached hydrogens (tertiary/aromatic N) is 1. The Balaban J connectivity index is 1.73. The van der Waals surface area contributed by atoms with Crippen molar-refractivity contribution in [2.45, 2.75) is 16.7 Å². The van der Waals surface area contributed by atoms with E-state index >= 15 is 0 Å². The number of nitrogens with one attached hydrogen (secondary N) is 1. The molecule has 0 bridgehead atoms. The van der Waals surface area contributed by atoms with Crippen molar-refractivity contribution < 1.29 is 28.3 Å². The number of hydrogen-bond donors (Lipinski definition) is 3. The van der Waals surface area contributed by atoms with Gasteiger partial charge in [-0.05, 0) is 35.9 Å². The normalized spacial score (nSPS) is 21.1. The predicted molar refractivity (Wildman–Crippen MR) is 112 cm³/mol. The molecule has 3 N–H and O–H groups in total. The Hall–Kier alpha value is -3.44. The van der Waals surface area contributed by atoms with Gasteiger partial charge in [-0.2, -0.15) is 4.72 Å². The first-order valence-electron chi connectivity index (χ1n) is 8.98. The number of aliphatic hydroxyl groups excluding tert-OH is 1. The molecule has 0 aromatic heterocycles. The SMILES string of the molecule is O=C(C=CC1=CC(O)C(O)(NS(=O)(=O)c2ccc([N+](=O)[O-])cc2)C=C1)c1ccccc1. The van der Waals surface area contributed by atoms with Gasteiger partial charge in [0.15, 0.2) is 11.5 Å². The number of nitro groups is 1. The van der Waals surface area contributed by atoms with E-state index in [9.17, 15) is 33.5 Å². The summed E-state index contributed by atoms with van der Waals surface area (Å²) < 4.78 is 27.0. The summed E-state index contributed by atoms with van der Waals surface area (Å²) in [5.41, 5.74) is -1.77. The molecule has 2 atom stereocenters. The fourth-order valence-electron chi connectivity index (χ4n) is 2.78. The summed E-state index contributed by atoms with van der Waals surface area (Å²) in [6, 6.07) is 12.6. The molecule has 3 rings (SSSR count). The van der Waals surface area contributed by atoms with Crippen molar-refractivity contribution in [3.63, 3.8) is 0 Å². The van der Waals surface area contributed by atoms with E-state index in [-0.39, 0.29) is 16.4 Å². The number of hydrogen-bond acceptors (Lipinski definition) is 7. The van der Waals surface area contributed by atoms with Gasteiger partial charge in [0, 0.05) is 17.7 Å². The van der Waals surface area contributed by atoms with Crippen LogP contribution in [0.2, 0.25) is 0 Å². The minimum absolute atomic E-state index is 0.260. The molecular formula is C21H18N2O7S. The maximum absolute atomic E-state index is 12.5. The molecule has 0 saturated carbocycles. The number of allylic oxidation sites excluding steroid dienone is 4. The largest absolute Gasteiger partial charge is 0.384 e. The van der Waals surface area contributed by atoms with Gasteiger partial charge < -0.3 is 10.2 Å². The van der Waals surface area contributed by atoms with Gasteiger partial charge in [0.1, 0.15) is 6.10 Å². The zero-order chi connectivity index (χ0) is 22.6. The van der Waals surface area contributed by atoms with Crippen molar-refractivity contribution >= 4 is 21.5 Å². The van der Waals surface area contributed by atoms with Gasteiger partial charge in [-0.25, -0.2) is 8.42 Å². The highest BCUT2D eigenvalue weighted by molar-refractivity contribution is 7.89. The third kappa shape index (κ3) is 5.19. The van der Waals surface area contributed by atoms with Gasteiger partial charge in [0.2, 0.25) is 10.0 Å². The van der Waals surface area contributed by atoms with Crippen LogP contribution < -0.4 is 4.72 Å². The topological polar surface area (TPSA) is 147 Å². The summed E-state index contributed by atoms with van der Waals surface area (Å²) in [4.78, 5) is 21.8. The Morgan fingerprint density at radius 2 is 1.77 bits per heavy atom. The van der Waals surface area contributed by atoms with E-state index in [1.54, 1.807) is 30.3 Å². The van der Waals surface area contributed by atoms with E-state index in [4.69, 9.17) is 0 Å². The first kappa shape index (κ1) is 22.2. The predicted octanol–water partition coefficient (Wildman–Crippen LogP) is 1.86. The molecule has 31 heavy (non-hydrogen) atoms. The molecular weight excluding hydrogens is 424 g/mol. The maximum Gasteiger partial charge on any atom is 0.269 e. The van der Waals surface area contributed by atoms with Crippen LogP contribution >= 0.6 is 0 Å². The number of aliphatic hydroxyl groups is 2. The molecule has 2 unspecified atom stereocenters. The molecule has 160 valence electrons. The second-order valence-electron chi connectivity index (χ2n) is 6.69. The second-order valence-corrected chi connectivity index (χ2v) is 8.37. The summed E-state index contributed by atoms with van der Waals surface area (Å²) in [6.45, 7) is 0. The fraction of sp³-hybridized carbons (Fsp3) is 0.0952. The average molecular weight is 442 g/mol. The molecule has 2 aromatic carbocycles. The average Bonchev–Trinajstić information content (AvgIpc) is 2.75. The Bertz CT molecular complexity index is 1190. The third-order valence-corrected chi connectivity index (χ3v) is 5.96. The number of rotatable bonds is 7. The summed E-state index contributed by atoms with van der Waals surface area (Å²) in [6.07, 6.45) is 4.65. The number of sulfonamides is 1. The second kappa shape index (κ2) is 8.74. The molecule has 0 amide bonds. The number of carbonyl (C=O) groups excluding carboxylic acids is 1. The van der Waals surface area contributed by atoms with Gasteiger partial charge >= 0.3 is 0 Å². The molecule has 9 nitrogen and oxygen atoms in total. The summed E-state index contributed by atoms with van der Waals surface area (Å²) in [5.74, 6) is -0.260. The van der Waals surface area contributed by atoms with Crippen molar-refractivity contribution in [1.82, 2.24) is 4.72 Å². The standard InChI is InChI=1S/C21H18N2O7S/c24-19(16-4-2-1-3-5-16)11-6-15-12-13-21(26,20(25)14-15)22-31(29,30)18-9-7-17(8-10-18)23(27)28/h1-14,20,22,25-26H. The van der Waals surface area contributed by atoms with Crippen LogP contribution in [0.15, 0.2) is 95.4 Å². The van der Waals surface area contributed by atoms with Crippen LogP contribution in [0, 0.1) is 10.1 Å². The Labute approximate surface area is 177 Å². The first-order chi connectivity index (χ1) is 14.6. The first-order valence-corrected chi connectivity index (χ1v) is 10.5. The van der Waals surface area contributed by atoms with Crippen LogP contribution in [0.4, 0.5) is 5.69 Å². The molecule has 1 aliphatic carbocycles. The smallest absolute Gasteiger partial charge is 0.269 e. The van der Waals surface area contributed by atoms with Crippen molar-refractivity contribution in [1.29, 1.82) is 0 Å². The number of carbonyl (C=O) groups is 1. The van der Waals surface area contributed by atoms with Gasteiger partial charge in [0.25, 0.3) is 5.69 Å². The van der Waals surface area contributed by atoms with E-state index in [0.717, 1.165) is 30.3 Å². The van der Waals surface area contributed by atoms with Gasteiger partial charge in [-0.3, -0.25) is 14.9 Å². The number of non-ortho nitro benzene ring substituents is 1. The van der Waals surface area contributed by atoms with Crippen LogP contribution in [0.1, 0.15) is 10.4 Å². The minimum Gasteiger partial charge on any atom is -0.384 e. The number of benzene rings is 2. The summed E-state index contributed by atoms with van der Waals surface area (Å²) in [7, 11) is -4.31. The lowest BCUT2D eigenvalue weighted by molar-refractivity contribution is -0.384. The van der Waals surface area contributed by atoms with E-state index in [1.165, 1.54) is 24.3 Å². The zero-order valence-electron chi connectivity index (χ0n) is 16.0. The molecule has 0 radical (unpaired) electrons. The van der Waals surface area contributed by atoms with Crippen LogP contribution in [-0.4, -0.2) is 41.2 Å². The Morgan fingerprint density at radius 1 is 1.13 bits per heavy atom. The van der Waals surface area contributed by atoms with Crippen LogP contribution in [-0.2, 0) is 10.0 Å². The Kier molecular flexibility index (Phi) is 6.27. The quantitative estimate of drug-likeness (QED) is 0.195.